The predicted octanol–water partition coefficient (Wildman–Crippen LogP) is 1.04. The van der Waals surface area contributed by atoms with Crippen LogP contribution in [0.2, 0.25) is 0 Å². The van der Waals surface area contributed by atoms with Crippen LogP contribution in [-0.4, -0.2) is 36.2 Å². The second-order valence-corrected chi connectivity index (χ2v) is 3.93. The molecule has 16 heavy (non-hydrogen) atoms. The van der Waals surface area contributed by atoms with Gasteiger partial charge in [-0.3, -0.25) is 0 Å². The van der Waals surface area contributed by atoms with Crippen molar-refractivity contribution in [3.63, 3.8) is 0 Å². The Bertz CT molecular complexity index is 326. The van der Waals surface area contributed by atoms with Crippen molar-refractivity contribution in [2.45, 2.75) is 25.3 Å². The van der Waals surface area contributed by atoms with Gasteiger partial charge in [-0.1, -0.05) is 0 Å². The van der Waals surface area contributed by atoms with E-state index in [0.29, 0.717) is 17.9 Å². The highest BCUT2D eigenvalue weighted by Crippen LogP contribution is 2.10. The number of anilines is 1. The van der Waals surface area contributed by atoms with Gasteiger partial charge >= 0.3 is 0 Å². The lowest BCUT2D eigenvalue weighted by molar-refractivity contribution is 0.397. The first-order chi connectivity index (χ1) is 7.88. The number of ether oxygens (including phenoxy) is 1. The van der Waals surface area contributed by atoms with Gasteiger partial charge in [0.25, 0.3) is 0 Å². The average molecular weight is 222 g/mol. The predicted molar refractivity (Wildman–Crippen MR) is 62.7 cm³/mol. The molecule has 1 aromatic heterocycles. The number of hydrogen-bond donors (Lipinski definition) is 2. The third kappa shape index (κ3) is 3.06. The van der Waals surface area contributed by atoms with Crippen LogP contribution in [0.1, 0.15) is 19.3 Å². The van der Waals surface area contributed by atoms with Crippen LogP contribution in [0.3, 0.4) is 0 Å². The van der Waals surface area contributed by atoms with E-state index in [1.54, 1.807) is 19.4 Å². The maximum absolute atomic E-state index is 5.03. The Hall–Kier alpha value is -1.36. The number of methoxy groups -OCH3 is 1. The molecule has 1 aliphatic heterocycles. The molecule has 2 rings (SSSR count). The molecule has 0 spiro atoms. The monoisotopic (exact) mass is 222 g/mol. The standard InChI is InChI=1S/C11H18N4O/c1-16-10-5-8-14-11(15-10)13-7-4-9-3-2-6-12-9/h5,8-9,12H,2-4,6-7H2,1H3,(H,13,14,15). The largest absolute Gasteiger partial charge is 0.481 e. The van der Waals surface area contributed by atoms with E-state index in [9.17, 15) is 0 Å². The minimum absolute atomic E-state index is 0.594. The van der Waals surface area contributed by atoms with Crippen LogP contribution < -0.4 is 15.4 Å². The first-order valence-electron chi connectivity index (χ1n) is 5.73. The van der Waals surface area contributed by atoms with Crippen molar-refractivity contribution in [2.75, 3.05) is 25.5 Å². The minimum atomic E-state index is 0.594. The molecular weight excluding hydrogens is 204 g/mol. The molecule has 1 unspecified atom stereocenters. The molecule has 1 aromatic rings. The van der Waals surface area contributed by atoms with E-state index >= 15 is 0 Å². The van der Waals surface area contributed by atoms with Crippen LogP contribution in [-0.2, 0) is 0 Å². The van der Waals surface area contributed by atoms with Crippen LogP contribution in [0.5, 0.6) is 5.88 Å². The molecule has 0 saturated carbocycles. The average Bonchev–Trinajstić information content (AvgIpc) is 2.82. The van der Waals surface area contributed by atoms with Crippen LogP contribution in [0.4, 0.5) is 5.95 Å². The lowest BCUT2D eigenvalue weighted by Crippen LogP contribution is -2.24. The van der Waals surface area contributed by atoms with Gasteiger partial charge in [-0.05, 0) is 25.8 Å². The van der Waals surface area contributed by atoms with Gasteiger partial charge in [-0.25, -0.2) is 4.98 Å². The van der Waals surface area contributed by atoms with E-state index in [-0.39, 0.29) is 0 Å². The summed E-state index contributed by atoms with van der Waals surface area (Å²) in [6.45, 7) is 2.05. The maximum Gasteiger partial charge on any atom is 0.225 e. The first kappa shape index (κ1) is 11.1. The molecule has 88 valence electrons. The zero-order chi connectivity index (χ0) is 11.2. The lowest BCUT2D eigenvalue weighted by Gasteiger charge is -2.10. The van der Waals surface area contributed by atoms with Gasteiger partial charge in [0.2, 0.25) is 11.8 Å². The van der Waals surface area contributed by atoms with Crippen LogP contribution >= 0.6 is 0 Å². The van der Waals surface area contributed by atoms with Crippen molar-refractivity contribution in [1.29, 1.82) is 0 Å². The van der Waals surface area contributed by atoms with Gasteiger partial charge in [0.1, 0.15) is 0 Å². The van der Waals surface area contributed by atoms with E-state index in [1.165, 1.54) is 12.8 Å². The number of aromatic nitrogens is 2. The topological polar surface area (TPSA) is 59.1 Å². The van der Waals surface area contributed by atoms with Gasteiger partial charge in [-0.15, -0.1) is 0 Å². The fraction of sp³-hybridized carbons (Fsp3) is 0.636. The van der Waals surface area contributed by atoms with E-state index in [4.69, 9.17) is 4.74 Å². The Morgan fingerprint density at radius 3 is 3.31 bits per heavy atom. The van der Waals surface area contributed by atoms with Crippen molar-refractivity contribution in [3.8, 4) is 5.88 Å². The first-order valence-corrected chi connectivity index (χ1v) is 5.73. The normalized spacial score (nSPS) is 19.7. The van der Waals surface area contributed by atoms with Crippen molar-refractivity contribution in [3.05, 3.63) is 12.3 Å². The van der Waals surface area contributed by atoms with Crippen molar-refractivity contribution < 1.29 is 4.74 Å². The van der Waals surface area contributed by atoms with E-state index < -0.39 is 0 Å². The molecule has 0 radical (unpaired) electrons. The van der Waals surface area contributed by atoms with E-state index in [2.05, 4.69) is 20.6 Å². The van der Waals surface area contributed by atoms with Gasteiger partial charge in [0.15, 0.2) is 0 Å². The molecule has 2 N–H and O–H groups in total. The molecule has 5 heteroatoms. The van der Waals surface area contributed by atoms with Crippen LogP contribution in [0.15, 0.2) is 12.3 Å². The van der Waals surface area contributed by atoms with Crippen molar-refractivity contribution in [2.24, 2.45) is 0 Å². The third-order valence-electron chi connectivity index (χ3n) is 2.78. The van der Waals surface area contributed by atoms with Gasteiger partial charge in [0.05, 0.1) is 7.11 Å². The molecule has 2 heterocycles. The third-order valence-corrected chi connectivity index (χ3v) is 2.78. The maximum atomic E-state index is 5.03. The van der Waals surface area contributed by atoms with Crippen molar-refractivity contribution >= 4 is 5.95 Å². The SMILES string of the molecule is COc1ccnc(NCCC2CCCN2)n1. The van der Waals surface area contributed by atoms with Crippen LogP contribution in [0.25, 0.3) is 0 Å². The Kier molecular flexibility index (Phi) is 3.93. The molecule has 0 bridgehead atoms. The molecule has 0 aliphatic carbocycles. The summed E-state index contributed by atoms with van der Waals surface area (Å²) < 4.78 is 5.03. The van der Waals surface area contributed by atoms with E-state index in [0.717, 1.165) is 19.5 Å². The number of nitrogens with one attached hydrogen (secondary N) is 2. The van der Waals surface area contributed by atoms with Gasteiger partial charge in [0, 0.05) is 24.8 Å². The van der Waals surface area contributed by atoms with Crippen molar-refractivity contribution in [1.82, 2.24) is 15.3 Å². The molecule has 5 nitrogen and oxygen atoms in total. The van der Waals surface area contributed by atoms with Crippen LogP contribution in [0, 0.1) is 0 Å². The highest BCUT2D eigenvalue weighted by molar-refractivity contribution is 5.27. The summed E-state index contributed by atoms with van der Waals surface area (Å²) in [4.78, 5) is 8.32. The highest BCUT2D eigenvalue weighted by atomic mass is 16.5. The second kappa shape index (κ2) is 5.65. The summed E-state index contributed by atoms with van der Waals surface area (Å²) in [6.07, 6.45) is 5.38. The number of rotatable bonds is 5. The summed E-state index contributed by atoms with van der Waals surface area (Å²) in [5.74, 6) is 1.23. The van der Waals surface area contributed by atoms with E-state index in [1.807, 2.05) is 0 Å². The molecule has 1 atom stereocenters. The fourth-order valence-corrected chi connectivity index (χ4v) is 1.90. The molecule has 1 saturated heterocycles. The summed E-state index contributed by atoms with van der Waals surface area (Å²) in [7, 11) is 1.61. The molecule has 1 fully saturated rings. The smallest absolute Gasteiger partial charge is 0.225 e. The van der Waals surface area contributed by atoms with Gasteiger partial charge in [-0.2, -0.15) is 4.98 Å². The van der Waals surface area contributed by atoms with Gasteiger partial charge < -0.3 is 15.4 Å². The molecular formula is C11H18N4O. The Labute approximate surface area is 95.6 Å². The second-order valence-electron chi connectivity index (χ2n) is 3.93. The Morgan fingerprint density at radius 1 is 1.62 bits per heavy atom. The quantitative estimate of drug-likeness (QED) is 0.779. The molecule has 0 amide bonds. The Morgan fingerprint density at radius 2 is 2.56 bits per heavy atom. The number of hydrogen-bond acceptors (Lipinski definition) is 5. The lowest BCUT2D eigenvalue weighted by atomic mass is 10.1. The minimum Gasteiger partial charge on any atom is -0.481 e. The zero-order valence-corrected chi connectivity index (χ0v) is 9.57. The molecule has 0 aromatic carbocycles. The molecule has 1 aliphatic rings. The Balaban J connectivity index is 1.75. The summed E-state index contributed by atoms with van der Waals surface area (Å²) in [5, 5.41) is 6.66. The zero-order valence-electron chi connectivity index (χ0n) is 9.57. The highest BCUT2D eigenvalue weighted by Gasteiger charge is 2.13. The summed E-state index contributed by atoms with van der Waals surface area (Å²) in [5.41, 5.74) is 0. The number of nitrogens with zero attached hydrogens (tertiary/aromatic N) is 2. The fourth-order valence-electron chi connectivity index (χ4n) is 1.90. The summed E-state index contributed by atoms with van der Waals surface area (Å²) in [6, 6.07) is 2.39. The summed E-state index contributed by atoms with van der Waals surface area (Å²) >= 11 is 0.